The Bertz CT molecular complexity index is 1140. The van der Waals surface area contributed by atoms with Gasteiger partial charge in [0.25, 0.3) is 0 Å². The number of aliphatic hydroxyl groups excluding tert-OH is 2. The predicted octanol–water partition coefficient (Wildman–Crippen LogP) is 5.93. The maximum atomic E-state index is 12.9. The molecule has 10 nitrogen and oxygen atoms in total. The first-order chi connectivity index (χ1) is 23.7. The van der Waals surface area contributed by atoms with Crippen LogP contribution in [-0.4, -0.2) is 83.3 Å². The third-order valence-corrected chi connectivity index (χ3v) is 11.2. The van der Waals surface area contributed by atoms with Crippen molar-refractivity contribution in [3.63, 3.8) is 0 Å². The SMILES string of the molecule is C/C=C/C(=O)C[C@H]1CC[C@H](C)[C@H](CC(=O)NC[C@H](O)[C@@H](C)C(=O)NCCC[C@H]2O[C@@]3(CCC[C@@H](CC[C@H](C)/C=C(\C)[C@H](C)O)O3)CC[C@@H]2C)O1. The highest BCUT2D eigenvalue weighted by molar-refractivity contribution is 5.89. The minimum Gasteiger partial charge on any atom is -0.390 e. The second-order valence-corrected chi connectivity index (χ2v) is 15.7. The Morgan fingerprint density at radius 2 is 1.64 bits per heavy atom. The molecule has 0 saturated carbocycles. The first-order valence-corrected chi connectivity index (χ1v) is 19.5. The van der Waals surface area contributed by atoms with Gasteiger partial charge in [-0.3, -0.25) is 14.4 Å². The smallest absolute Gasteiger partial charge is 0.225 e. The molecule has 3 saturated heterocycles. The fraction of sp³-hybridized carbons (Fsp3) is 0.825. The van der Waals surface area contributed by atoms with Crippen LogP contribution in [-0.2, 0) is 28.6 Å². The van der Waals surface area contributed by atoms with Crippen molar-refractivity contribution >= 4 is 17.6 Å². The molecule has 4 N–H and O–H groups in total. The summed E-state index contributed by atoms with van der Waals surface area (Å²) in [6, 6.07) is 0. The van der Waals surface area contributed by atoms with E-state index in [-0.39, 0.29) is 60.9 Å². The van der Waals surface area contributed by atoms with Gasteiger partial charge in [0.05, 0.1) is 49.0 Å². The maximum absolute atomic E-state index is 12.9. The molecular weight excluding hydrogens is 636 g/mol. The minimum absolute atomic E-state index is 0.0223. The van der Waals surface area contributed by atoms with Gasteiger partial charge in [-0.05, 0) is 108 Å². The molecule has 10 heteroatoms. The number of aliphatic hydroxyl groups is 2. The van der Waals surface area contributed by atoms with E-state index in [1.807, 2.05) is 20.8 Å². The molecule has 0 aromatic heterocycles. The fourth-order valence-corrected chi connectivity index (χ4v) is 7.51. The third-order valence-electron chi connectivity index (χ3n) is 11.2. The Balaban J connectivity index is 1.36. The maximum Gasteiger partial charge on any atom is 0.225 e. The van der Waals surface area contributed by atoms with Crippen LogP contribution in [0.4, 0.5) is 0 Å². The normalized spacial score (nSPS) is 31.6. The zero-order chi connectivity index (χ0) is 36.8. The Kier molecular flexibility index (Phi) is 17.6. The molecule has 50 heavy (non-hydrogen) atoms. The standard InChI is InChI=1S/C40H68N2O8/c1-8-11-32(44)23-34-17-15-27(3)37(48-34)24-38(46)42-25-35(45)30(6)39(47)41-21-10-13-36-28(4)18-20-40(50-36)19-9-12-33(49-40)16-14-26(2)22-29(5)31(7)43/h8,11,22,26-28,30-31,33-37,43,45H,9-10,12-21,23-25H2,1-7H3,(H,41,47)(H,42,46)/b11-8+,29-22+/t26-,27-,28-,30+,31-,33-,34+,35-,36+,37-,40-/m0/s1. The van der Waals surface area contributed by atoms with E-state index in [2.05, 4.69) is 30.6 Å². The van der Waals surface area contributed by atoms with Crippen LogP contribution in [0, 0.1) is 23.7 Å². The van der Waals surface area contributed by atoms with Gasteiger partial charge in [0.15, 0.2) is 11.6 Å². The molecule has 0 aliphatic carbocycles. The van der Waals surface area contributed by atoms with E-state index in [9.17, 15) is 24.6 Å². The van der Waals surface area contributed by atoms with Crippen molar-refractivity contribution in [1.82, 2.24) is 10.6 Å². The number of ketones is 1. The lowest BCUT2D eigenvalue weighted by atomic mass is 9.85. The minimum atomic E-state index is -1.02. The van der Waals surface area contributed by atoms with Crippen LogP contribution in [0.25, 0.3) is 0 Å². The largest absolute Gasteiger partial charge is 0.390 e. The van der Waals surface area contributed by atoms with Gasteiger partial charge in [0.2, 0.25) is 11.8 Å². The molecule has 3 heterocycles. The van der Waals surface area contributed by atoms with E-state index < -0.39 is 23.9 Å². The Morgan fingerprint density at radius 1 is 0.900 bits per heavy atom. The van der Waals surface area contributed by atoms with Gasteiger partial charge >= 0.3 is 0 Å². The summed E-state index contributed by atoms with van der Waals surface area (Å²) in [5, 5.41) is 26.2. The first kappa shape index (κ1) is 42.3. The topological polar surface area (TPSA) is 143 Å². The van der Waals surface area contributed by atoms with Gasteiger partial charge in [-0.25, -0.2) is 0 Å². The van der Waals surface area contributed by atoms with Gasteiger partial charge in [-0.2, -0.15) is 0 Å². The quantitative estimate of drug-likeness (QED) is 0.0782. The predicted molar refractivity (Wildman–Crippen MR) is 195 cm³/mol. The monoisotopic (exact) mass is 704 g/mol. The Morgan fingerprint density at radius 3 is 2.36 bits per heavy atom. The van der Waals surface area contributed by atoms with Crippen molar-refractivity contribution in [3.05, 3.63) is 23.8 Å². The number of ether oxygens (including phenoxy) is 3. The van der Waals surface area contributed by atoms with Crippen LogP contribution in [0.1, 0.15) is 132 Å². The number of carbonyl (C=O) groups excluding carboxylic acids is 3. The molecular formula is C40H68N2O8. The third kappa shape index (κ3) is 13.8. The highest BCUT2D eigenvalue weighted by Gasteiger charge is 2.44. The van der Waals surface area contributed by atoms with Gasteiger partial charge < -0.3 is 35.1 Å². The molecule has 1 spiro atoms. The van der Waals surface area contributed by atoms with Crippen molar-refractivity contribution in [3.8, 4) is 0 Å². The number of carbonyl (C=O) groups is 3. The highest BCUT2D eigenvalue weighted by atomic mass is 16.7. The van der Waals surface area contributed by atoms with Crippen molar-refractivity contribution < 1.29 is 38.8 Å². The molecule has 286 valence electrons. The fourth-order valence-electron chi connectivity index (χ4n) is 7.51. The van der Waals surface area contributed by atoms with Crippen LogP contribution in [0.2, 0.25) is 0 Å². The van der Waals surface area contributed by atoms with Crippen LogP contribution in [0.3, 0.4) is 0 Å². The summed E-state index contributed by atoms with van der Waals surface area (Å²) in [6.45, 7) is 14.2. The average molecular weight is 705 g/mol. The summed E-state index contributed by atoms with van der Waals surface area (Å²) in [4.78, 5) is 37.6. The summed E-state index contributed by atoms with van der Waals surface area (Å²) < 4.78 is 19.5. The number of nitrogens with one attached hydrogen (secondary N) is 2. The number of amides is 2. The summed E-state index contributed by atoms with van der Waals surface area (Å²) in [6.07, 6.45) is 14.5. The van der Waals surface area contributed by atoms with E-state index in [0.29, 0.717) is 24.8 Å². The Labute approximate surface area is 301 Å². The van der Waals surface area contributed by atoms with Crippen LogP contribution in [0.5, 0.6) is 0 Å². The molecule has 3 aliphatic heterocycles. The molecule has 0 aromatic carbocycles. The zero-order valence-electron chi connectivity index (χ0n) is 32.0. The number of hydrogen-bond donors (Lipinski definition) is 4. The molecule has 0 radical (unpaired) electrons. The van der Waals surface area contributed by atoms with E-state index >= 15 is 0 Å². The zero-order valence-corrected chi connectivity index (χ0v) is 32.0. The molecule has 0 bridgehead atoms. The van der Waals surface area contributed by atoms with Crippen LogP contribution in [0.15, 0.2) is 23.8 Å². The lowest BCUT2D eigenvalue weighted by molar-refractivity contribution is -0.324. The second kappa shape index (κ2) is 20.8. The van der Waals surface area contributed by atoms with Crippen molar-refractivity contribution in [2.75, 3.05) is 13.1 Å². The molecule has 2 amide bonds. The Hall–Kier alpha value is -2.11. The van der Waals surface area contributed by atoms with E-state index in [0.717, 1.165) is 76.2 Å². The van der Waals surface area contributed by atoms with Gasteiger partial charge in [-0.1, -0.05) is 39.8 Å². The van der Waals surface area contributed by atoms with E-state index in [4.69, 9.17) is 14.2 Å². The molecule has 0 aromatic rings. The van der Waals surface area contributed by atoms with Crippen LogP contribution >= 0.6 is 0 Å². The summed E-state index contributed by atoms with van der Waals surface area (Å²) >= 11 is 0. The average Bonchev–Trinajstić information content (AvgIpc) is 3.07. The van der Waals surface area contributed by atoms with Gasteiger partial charge in [0.1, 0.15) is 0 Å². The molecule has 3 rings (SSSR count). The highest BCUT2D eigenvalue weighted by Crippen LogP contribution is 2.43. The number of allylic oxidation sites excluding steroid dienone is 3. The van der Waals surface area contributed by atoms with Gasteiger partial charge in [0, 0.05) is 32.4 Å². The lowest BCUT2D eigenvalue weighted by Crippen LogP contribution is -2.50. The van der Waals surface area contributed by atoms with Crippen LogP contribution < -0.4 is 10.6 Å². The summed E-state index contributed by atoms with van der Waals surface area (Å²) in [5.41, 5.74) is 1.01. The van der Waals surface area contributed by atoms with Crippen molar-refractivity contribution in [2.24, 2.45) is 23.7 Å². The summed E-state index contributed by atoms with van der Waals surface area (Å²) in [5.74, 6) is -0.680. The summed E-state index contributed by atoms with van der Waals surface area (Å²) in [7, 11) is 0. The van der Waals surface area contributed by atoms with Crippen molar-refractivity contribution in [1.29, 1.82) is 0 Å². The van der Waals surface area contributed by atoms with E-state index in [1.54, 1.807) is 26.0 Å². The van der Waals surface area contributed by atoms with Gasteiger partial charge in [-0.15, -0.1) is 0 Å². The number of hydrogen-bond acceptors (Lipinski definition) is 8. The lowest BCUT2D eigenvalue weighted by Gasteiger charge is -2.48. The first-order valence-electron chi connectivity index (χ1n) is 19.5. The van der Waals surface area contributed by atoms with Crippen molar-refractivity contribution in [2.45, 2.75) is 174 Å². The second-order valence-electron chi connectivity index (χ2n) is 15.7. The molecule has 3 fully saturated rings. The molecule has 11 atom stereocenters. The number of rotatable bonds is 18. The molecule has 3 aliphatic rings. The molecule has 0 unspecified atom stereocenters. The van der Waals surface area contributed by atoms with E-state index in [1.165, 1.54) is 0 Å².